The standard InChI is InChI=1S/C13H20N2O5S/c1-15(7-6-13(16)17)21(18,19)14-9-11-4-3-5-12(8-11)10-20-2/h3-5,8,14H,6-7,9-10H2,1-2H3,(H,16,17). The van der Waals surface area contributed by atoms with Crippen LogP contribution in [0.4, 0.5) is 0 Å². The molecule has 0 amide bonds. The van der Waals surface area contributed by atoms with E-state index in [0.717, 1.165) is 15.4 Å². The maximum Gasteiger partial charge on any atom is 0.304 e. The number of aliphatic carboxylic acids is 1. The molecular weight excluding hydrogens is 296 g/mol. The second kappa shape index (κ2) is 8.08. The topological polar surface area (TPSA) is 95.9 Å². The maximum atomic E-state index is 11.9. The first-order valence-corrected chi connectivity index (χ1v) is 7.78. The summed E-state index contributed by atoms with van der Waals surface area (Å²) in [6.45, 7) is 0.519. The number of nitrogens with zero attached hydrogens (tertiary/aromatic N) is 1. The van der Waals surface area contributed by atoms with Crippen molar-refractivity contribution in [2.24, 2.45) is 0 Å². The summed E-state index contributed by atoms with van der Waals surface area (Å²) in [5.74, 6) is -1.04. The molecule has 0 saturated heterocycles. The van der Waals surface area contributed by atoms with Crippen LogP contribution >= 0.6 is 0 Å². The van der Waals surface area contributed by atoms with Crippen LogP contribution < -0.4 is 4.72 Å². The average molecular weight is 316 g/mol. The van der Waals surface area contributed by atoms with Crippen LogP contribution in [0.1, 0.15) is 17.5 Å². The zero-order valence-corrected chi connectivity index (χ0v) is 12.9. The third kappa shape index (κ3) is 6.21. The van der Waals surface area contributed by atoms with Gasteiger partial charge in [-0.15, -0.1) is 0 Å². The first-order chi connectivity index (χ1) is 9.85. The Morgan fingerprint density at radius 2 is 2.05 bits per heavy atom. The van der Waals surface area contributed by atoms with E-state index in [-0.39, 0.29) is 19.5 Å². The second-order valence-electron chi connectivity index (χ2n) is 4.54. The van der Waals surface area contributed by atoms with Crippen molar-refractivity contribution < 1.29 is 23.1 Å². The number of rotatable bonds is 9. The minimum atomic E-state index is -3.69. The van der Waals surface area contributed by atoms with Gasteiger partial charge in [-0.3, -0.25) is 4.79 Å². The number of nitrogens with one attached hydrogen (secondary N) is 1. The summed E-state index contributed by atoms with van der Waals surface area (Å²) in [5, 5.41) is 8.56. The molecule has 0 fully saturated rings. The number of ether oxygens (including phenoxy) is 1. The first-order valence-electron chi connectivity index (χ1n) is 6.34. The fourth-order valence-electron chi connectivity index (χ4n) is 1.65. The van der Waals surface area contributed by atoms with Gasteiger partial charge in [-0.1, -0.05) is 24.3 Å². The molecule has 8 heteroatoms. The van der Waals surface area contributed by atoms with E-state index in [0.29, 0.717) is 6.61 Å². The molecule has 1 aromatic rings. The largest absolute Gasteiger partial charge is 0.481 e. The molecular formula is C13H20N2O5S. The highest BCUT2D eigenvalue weighted by atomic mass is 32.2. The van der Waals surface area contributed by atoms with Crippen LogP contribution in [0, 0.1) is 0 Å². The molecule has 0 saturated carbocycles. The van der Waals surface area contributed by atoms with Gasteiger partial charge in [-0.25, -0.2) is 0 Å². The van der Waals surface area contributed by atoms with Crippen LogP contribution in [-0.4, -0.2) is 44.5 Å². The summed E-state index contributed by atoms with van der Waals surface area (Å²) in [6, 6.07) is 7.37. The monoisotopic (exact) mass is 316 g/mol. The lowest BCUT2D eigenvalue weighted by Gasteiger charge is -2.17. The van der Waals surface area contributed by atoms with Crippen molar-refractivity contribution in [1.29, 1.82) is 0 Å². The first kappa shape index (κ1) is 17.6. The number of carboxylic acid groups (broad SMARTS) is 1. The predicted molar refractivity (Wildman–Crippen MR) is 77.8 cm³/mol. The summed E-state index contributed by atoms with van der Waals surface area (Å²) in [7, 11) is -0.761. The third-order valence-electron chi connectivity index (χ3n) is 2.81. The van der Waals surface area contributed by atoms with Gasteiger partial charge >= 0.3 is 5.97 Å². The number of hydrogen-bond donors (Lipinski definition) is 2. The van der Waals surface area contributed by atoms with Crippen LogP contribution in [0.25, 0.3) is 0 Å². The van der Waals surface area contributed by atoms with Crippen molar-refractivity contribution in [3.8, 4) is 0 Å². The lowest BCUT2D eigenvalue weighted by Crippen LogP contribution is -2.38. The molecule has 0 unspecified atom stereocenters. The zero-order chi connectivity index (χ0) is 15.9. The van der Waals surface area contributed by atoms with Crippen molar-refractivity contribution in [2.75, 3.05) is 20.7 Å². The highest BCUT2D eigenvalue weighted by Crippen LogP contribution is 2.07. The van der Waals surface area contributed by atoms with Crippen LogP contribution in [0.15, 0.2) is 24.3 Å². The van der Waals surface area contributed by atoms with Crippen molar-refractivity contribution in [3.63, 3.8) is 0 Å². The van der Waals surface area contributed by atoms with E-state index in [1.807, 2.05) is 18.2 Å². The Balaban J connectivity index is 2.60. The van der Waals surface area contributed by atoms with Gasteiger partial charge in [-0.05, 0) is 11.1 Å². The molecule has 1 aromatic carbocycles. The molecule has 0 aliphatic rings. The molecule has 0 atom stereocenters. The number of benzene rings is 1. The molecule has 0 spiro atoms. The van der Waals surface area contributed by atoms with Crippen molar-refractivity contribution >= 4 is 16.2 Å². The fourth-order valence-corrected chi connectivity index (χ4v) is 2.56. The van der Waals surface area contributed by atoms with Gasteiger partial charge in [0.05, 0.1) is 13.0 Å². The molecule has 1 rings (SSSR count). The van der Waals surface area contributed by atoms with Crippen molar-refractivity contribution in [1.82, 2.24) is 9.03 Å². The molecule has 0 heterocycles. The molecule has 0 bridgehead atoms. The minimum absolute atomic E-state index is 0.0750. The van der Waals surface area contributed by atoms with E-state index < -0.39 is 16.2 Å². The predicted octanol–water partition coefficient (Wildman–Crippen LogP) is 0.574. The SMILES string of the molecule is COCc1cccc(CNS(=O)(=O)N(C)CCC(=O)O)c1. The van der Waals surface area contributed by atoms with E-state index in [2.05, 4.69) is 4.72 Å². The van der Waals surface area contributed by atoms with E-state index in [9.17, 15) is 13.2 Å². The quantitative estimate of drug-likeness (QED) is 0.694. The summed E-state index contributed by atoms with van der Waals surface area (Å²) < 4.78 is 32.3. The van der Waals surface area contributed by atoms with Crippen LogP contribution in [0.5, 0.6) is 0 Å². The van der Waals surface area contributed by atoms with Crippen LogP contribution in [0.2, 0.25) is 0 Å². The summed E-state index contributed by atoms with van der Waals surface area (Å²) >= 11 is 0. The molecule has 0 aliphatic carbocycles. The second-order valence-corrected chi connectivity index (χ2v) is 6.41. The van der Waals surface area contributed by atoms with Crippen molar-refractivity contribution in [3.05, 3.63) is 35.4 Å². The highest BCUT2D eigenvalue weighted by Gasteiger charge is 2.17. The highest BCUT2D eigenvalue weighted by molar-refractivity contribution is 7.87. The number of hydrogen-bond acceptors (Lipinski definition) is 4. The van der Waals surface area contributed by atoms with Crippen LogP contribution in [-0.2, 0) is 32.9 Å². The van der Waals surface area contributed by atoms with E-state index in [1.54, 1.807) is 13.2 Å². The van der Waals surface area contributed by atoms with E-state index in [4.69, 9.17) is 9.84 Å². The summed E-state index contributed by atoms with van der Waals surface area (Å²) in [6.07, 6.45) is -0.235. The zero-order valence-electron chi connectivity index (χ0n) is 12.1. The lowest BCUT2D eigenvalue weighted by molar-refractivity contribution is -0.137. The molecule has 7 nitrogen and oxygen atoms in total. The van der Waals surface area contributed by atoms with Gasteiger partial charge in [0.15, 0.2) is 0 Å². The van der Waals surface area contributed by atoms with Crippen molar-refractivity contribution in [2.45, 2.75) is 19.6 Å². The number of carbonyl (C=O) groups is 1. The normalized spacial score (nSPS) is 11.8. The molecule has 0 aromatic heterocycles. The Labute approximate surface area is 124 Å². The maximum absolute atomic E-state index is 11.9. The van der Waals surface area contributed by atoms with Crippen LogP contribution in [0.3, 0.4) is 0 Å². The Morgan fingerprint density at radius 3 is 2.67 bits per heavy atom. The molecule has 118 valence electrons. The fraction of sp³-hybridized carbons (Fsp3) is 0.462. The number of methoxy groups -OCH3 is 1. The van der Waals surface area contributed by atoms with Gasteiger partial charge in [0.2, 0.25) is 0 Å². The Hall–Kier alpha value is -1.48. The van der Waals surface area contributed by atoms with Gasteiger partial charge in [0.25, 0.3) is 10.2 Å². The smallest absolute Gasteiger partial charge is 0.304 e. The van der Waals surface area contributed by atoms with Gasteiger partial charge < -0.3 is 9.84 Å². The van der Waals surface area contributed by atoms with Gasteiger partial charge in [0, 0.05) is 27.2 Å². The molecule has 21 heavy (non-hydrogen) atoms. The van der Waals surface area contributed by atoms with E-state index >= 15 is 0 Å². The lowest BCUT2D eigenvalue weighted by atomic mass is 10.1. The molecule has 0 aliphatic heterocycles. The van der Waals surface area contributed by atoms with E-state index in [1.165, 1.54) is 7.05 Å². The molecule has 2 N–H and O–H groups in total. The average Bonchev–Trinajstić information content (AvgIpc) is 2.43. The summed E-state index contributed by atoms with van der Waals surface area (Å²) in [4.78, 5) is 10.5. The third-order valence-corrected chi connectivity index (χ3v) is 4.32. The summed E-state index contributed by atoms with van der Waals surface area (Å²) in [5.41, 5.74) is 1.76. The van der Waals surface area contributed by atoms with Gasteiger partial charge in [-0.2, -0.15) is 17.4 Å². The Morgan fingerprint density at radius 1 is 1.38 bits per heavy atom. The number of carboxylic acids is 1. The van der Waals surface area contributed by atoms with Gasteiger partial charge in [0.1, 0.15) is 0 Å². The Kier molecular flexibility index (Phi) is 6.76. The minimum Gasteiger partial charge on any atom is -0.481 e. The molecule has 0 radical (unpaired) electrons. The Bertz CT molecular complexity index is 574.